The maximum absolute atomic E-state index is 14.5. The highest BCUT2D eigenvalue weighted by Gasteiger charge is 2.18. The predicted molar refractivity (Wildman–Crippen MR) is 115 cm³/mol. The Morgan fingerprint density at radius 3 is 2.77 bits per heavy atom. The van der Waals surface area contributed by atoms with Gasteiger partial charge in [-0.05, 0) is 24.3 Å². The van der Waals surface area contributed by atoms with Gasteiger partial charge in [-0.25, -0.2) is 29.0 Å². The number of rotatable bonds is 5. The molecule has 0 radical (unpaired) electrons. The number of hydrogen-bond donors (Lipinski definition) is 2. The summed E-state index contributed by atoms with van der Waals surface area (Å²) in [5.41, 5.74) is 1.69. The van der Waals surface area contributed by atoms with E-state index in [4.69, 9.17) is 0 Å². The molecule has 2 aromatic carbocycles. The van der Waals surface area contributed by atoms with E-state index in [1.54, 1.807) is 18.1 Å². The number of imidazole rings is 1. The number of para-hydroxylation sites is 1. The number of fused-ring (bicyclic) bond motifs is 2. The van der Waals surface area contributed by atoms with Crippen molar-refractivity contribution in [1.82, 2.24) is 29.6 Å². The molecule has 0 aliphatic heterocycles. The first-order valence-corrected chi connectivity index (χ1v) is 9.50. The number of aromatic amines is 1. The molecule has 0 saturated carbocycles. The third-order valence-corrected chi connectivity index (χ3v) is 4.96. The SMILES string of the molecule is CN(c1ccccc1)n1c(CNc2ncnc3nc[nH]c23)nc2cccc(F)c2c1=O. The van der Waals surface area contributed by atoms with Crippen molar-refractivity contribution in [2.75, 3.05) is 17.4 Å². The third-order valence-electron chi connectivity index (χ3n) is 4.96. The van der Waals surface area contributed by atoms with Crippen LogP contribution in [0.2, 0.25) is 0 Å². The van der Waals surface area contributed by atoms with E-state index in [9.17, 15) is 9.18 Å². The van der Waals surface area contributed by atoms with E-state index in [2.05, 4.69) is 30.2 Å². The maximum Gasteiger partial charge on any atom is 0.283 e. The van der Waals surface area contributed by atoms with Gasteiger partial charge in [-0.3, -0.25) is 9.80 Å². The van der Waals surface area contributed by atoms with E-state index in [-0.39, 0.29) is 17.4 Å². The third kappa shape index (κ3) is 3.23. The lowest BCUT2D eigenvalue weighted by Gasteiger charge is -2.25. The molecule has 0 saturated heterocycles. The first kappa shape index (κ1) is 18.7. The van der Waals surface area contributed by atoms with E-state index in [0.717, 1.165) is 5.69 Å². The van der Waals surface area contributed by atoms with Crippen LogP contribution < -0.4 is 15.9 Å². The fraction of sp³-hybridized carbons (Fsp3) is 0.0952. The molecule has 0 atom stereocenters. The number of H-pyrrole nitrogens is 1. The van der Waals surface area contributed by atoms with Gasteiger partial charge >= 0.3 is 0 Å². The van der Waals surface area contributed by atoms with Crippen molar-refractivity contribution in [3.05, 3.63) is 83.2 Å². The van der Waals surface area contributed by atoms with Gasteiger partial charge in [0.05, 0.1) is 24.1 Å². The second-order valence-corrected chi connectivity index (χ2v) is 6.82. The van der Waals surface area contributed by atoms with Gasteiger partial charge in [0.2, 0.25) is 0 Å². The zero-order chi connectivity index (χ0) is 21.4. The summed E-state index contributed by atoms with van der Waals surface area (Å²) in [5, 5.41) is 4.76. The minimum Gasteiger partial charge on any atom is -0.361 e. The Morgan fingerprint density at radius 2 is 1.94 bits per heavy atom. The summed E-state index contributed by atoms with van der Waals surface area (Å²) in [4.78, 5) is 33.4. The number of anilines is 2. The molecule has 5 rings (SSSR count). The van der Waals surface area contributed by atoms with Gasteiger partial charge in [0, 0.05) is 7.05 Å². The molecule has 0 aliphatic rings. The zero-order valence-electron chi connectivity index (χ0n) is 16.5. The summed E-state index contributed by atoms with van der Waals surface area (Å²) in [6, 6.07) is 13.7. The Morgan fingerprint density at radius 1 is 1.10 bits per heavy atom. The average Bonchev–Trinajstić information content (AvgIpc) is 3.27. The standard InChI is InChI=1S/C21H17FN8O/c1-29(13-6-3-2-4-7-13)30-16(28-15-9-5-8-14(22)17(15)21(30)31)10-23-19-18-20(25-11-24-18)27-12-26-19/h2-9,11-12H,10H2,1H3,(H2,23,24,25,26,27). The fourth-order valence-corrected chi connectivity index (χ4v) is 3.47. The van der Waals surface area contributed by atoms with Crippen LogP contribution in [0.3, 0.4) is 0 Å². The van der Waals surface area contributed by atoms with Crippen LogP contribution in [0.25, 0.3) is 22.1 Å². The van der Waals surface area contributed by atoms with Crippen molar-refractivity contribution >= 4 is 33.6 Å². The van der Waals surface area contributed by atoms with Gasteiger partial charge in [0.25, 0.3) is 5.56 Å². The van der Waals surface area contributed by atoms with E-state index >= 15 is 0 Å². The van der Waals surface area contributed by atoms with Crippen molar-refractivity contribution in [3.8, 4) is 0 Å². The van der Waals surface area contributed by atoms with Crippen LogP contribution in [0.5, 0.6) is 0 Å². The number of halogens is 1. The lowest BCUT2D eigenvalue weighted by atomic mass is 10.2. The van der Waals surface area contributed by atoms with Crippen molar-refractivity contribution < 1.29 is 4.39 Å². The molecular weight excluding hydrogens is 399 g/mol. The Balaban J connectivity index is 1.64. The molecule has 9 nitrogen and oxygen atoms in total. The Kier molecular flexibility index (Phi) is 4.51. The first-order valence-electron chi connectivity index (χ1n) is 9.50. The summed E-state index contributed by atoms with van der Waals surface area (Å²) >= 11 is 0. The molecule has 10 heteroatoms. The number of nitrogens with zero attached hydrogens (tertiary/aromatic N) is 6. The second kappa shape index (κ2) is 7.48. The van der Waals surface area contributed by atoms with Crippen LogP contribution in [0.1, 0.15) is 5.82 Å². The average molecular weight is 416 g/mol. The van der Waals surface area contributed by atoms with Crippen LogP contribution >= 0.6 is 0 Å². The number of benzene rings is 2. The van der Waals surface area contributed by atoms with E-state index in [1.807, 2.05) is 30.3 Å². The molecule has 154 valence electrons. The van der Waals surface area contributed by atoms with Gasteiger partial charge in [-0.2, -0.15) is 0 Å². The highest BCUT2D eigenvalue weighted by atomic mass is 19.1. The molecule has 0 unspecified atom stereocenters. The summed E-state index contributed by atoms with van der Waals surface area (Å²) < 4.78 is 15.9. The molecule has 0 amide bonds. The van der Waals surface area contributed by atoms with Gasteiger partial charge in [0.1, 0.15) is 23.0 Å². The normalized spacial score (nSPS) is 11.2. The summed E-state index contributed by atoms with van der Waals surface area (Å²) in [6.07, 6.45) is 2.93. The van der Waals surface area contributed by atoms with E-state index in [1.165, 1.54) is 29.5 Å². The monoisotopic (exact) mass is 416 g/mol. The van der Waals surface area contributed by atoms with Crippen molar-refractivity contribution in [3.63, 3.8) is 0 Å². The first-order chi connectivity index (χ1) is 15.1. The van der Waals surface area contributed by atoms with Crippen molar-refractivity contribution in [2.24, 2.45) is 0 Å². The number of nitrogens with one attached hydrogen (secondary N) is 2. The molecule has 3 heterocycles. The molecule has 3 aromatic heterocycles. The molecule has 0 fully saturated rings. The molecule has 0 spiro atoms. The largest absolute Gasteiger partial charge is 0.361 e. The van der Waals surface area contributed by atoms with Crippen molar-refractivity contribution in [2.45, 2.75) is 6.54 Å². The zero-order valence-corrected chi connectivity index (χ0v) is 16.5. The highest BCUT2D eigenvalue weighted by molar-refractivity contribution is 5.82. The maximum atomic E-state index is 14.5. The summed E-state index contributed by atoms with van der Waals surface area (Å²) in [6.45, 7) is 0.157. The molecule has 31 heavy (non-hydrogen) atoms. The Labute approximate surface area is 175 Å². The smallest absolute Gasteiger partial charge is 0.283 e. The molecular formula is C21H17FN8O. The van der Waals surface area contributed by atoms with E-state index in [0.29, 0.717) is 22.8 Å². The molecule has 0 aliphatic carbocycles. The summed E-state index contributed by atoms with van der Waals surface area (Å²) in [7, 11) is 1.73. The van der Waals surface area contributed by atoms with Crippen LogP contribution in [0.15, 0.2) is 66.0 Å². The van der Waals surface area contributed by atoms with Gasteiger partial charge in [0.15, 0.2) is 17.3 Å². The van der Waals surface area contributed by atoms with Crippen LogP contribution in [0.4, 0.5) is 15.9 Å². The molecule has 5 aromatic rings. The van der Waals surface area contributed by atoms with Gasteiger partial charge < -0.3 is 10.3 Å². The Hall–Kier alpha value is -4.34. The Bertz CT molecular complexity index is 1450. The van der Waals surface area contributed by atoms with Crippen LogP contribution in [0, 0.1) is 5.82 Å². The van der Waals surface area contributed by atoms with Crippen molar-refractivity contribution in [1.29, 1.82) is 0 Å². The molecule has 2 N–H and O–H groups in total. The lowest BCUT2D eigenvalue weighted by Crippen LogP contribution is -2.39. The lowest BCUT2D eigenvalue weighted by molar-refractivity contribution is 0.628. The fourth-order valence-electron chi connectivity index (χ4n) is 3.47. The quantitative estimate of drug-likeness (QED) is 0.454. The minimum absolute atomic E-state index is 0.0629. The van der Waals surface area contributed by atoms with Gasteiger partial charge in [-0.15, -0.1) is 0 Å². The van der Waals surface area contributed by atoms with Gasteiger partial charge in [-0.1, -0.05) is 24.3 Å². The van der Waals surface area contributed by atoms with Crippen LogP contribution in [-0.4, -0.2) is 36.6 Å². The van der Waals surface area contributed by atoms with E-state index < -0.39 is 11.4 Å². The predicted octanol–water partition coefficient (Wildman–Crippen LogP) is 2.71. The number of aromatic nitrogens is 6. The second-order valence-electron chi connectivity index (χ2n) is 6.82. The highest BCUT2D eigenvalue weighted by Crippen LogP contribution is 2.19. The van der Waals surface area contributed by atoms with Crippen LogP contribution in [-0.2, 0) is 6.54 Å². The summed E-state index contributed by atoms with van der Waals surface area (Å²) in [5.74, 6) is 0.297. The topological polar surface area (TPSA) is 105 Å². The minimum atomic E-state index is -0.611. The number of hydrogen-bond acceptors (Lipinski definition) is 7. The molecule has 0 bridgehead atoms.